The second-order valence-corrected chi connectivity index (χ2v) is 10.3. The number of benzene rings is 2. The van der Waals surface area contributed by atoms with Crippen LogP contribution < -0.4 is 0 Å². The molecule has 0 spiro atoms. The number of nitrogens with zero attached hydrogens (tertiary/aromatic N) is 1. The molecule has 174 valence electrons. The first-order chi connectivity index (χ1) is 15.5. The van der Waals surface area contributed by atoms with Gasteiger partial charge in [-0.1, -0.05) is 48.0 Å². The minimum absolute atomic E-state index is 0.0179. The van der Waals surface area contributed by atoms with E-state index in [-0.39, 0.29) is 23.5 Å². The number of rotatable bonds is 6. The molecule has 2 aromatic rings. The Hall–Kier alpha value is -3.19. The number of sulfonamides is 1. The zero-order valence-electron chi connectivity index (χ0n) is 19.6. The second-order valence-electron chi connectivity index (χ2n) is 8.55. The van der Waals surface area contributed by atoms with E-state index in [1.807, 2.05) is 37.3 Å². The molecule has 7 heteroatoms. The number of ether oxygens (including phenoxy) is 1. The van der Waals surface area contributed by atoms with Crippen molar-refractivity contribution >= 4 is 21.9 Å². The van der Waals surface area contributed by atoms with Crippen LogP contribution in [0.4, 0.5) is 0 Å². The molecule has 0 bridgehead atoms. The largest absolute Gasteiger partial charge is 0.463 e. The van der Waals surface area contributed by atoms with E-state index in [1.165, 1.54) is 12.1 Å². The quantitative estimate of drug-likeness (QED) is 0.466. The van der Waals surface area contributed by atoms with E-state index in [0.29, 0.717) is 11.1 Å². The molecule has 0 radical (unpaired) electrons. The van der Waals surface area contributed by atoms with E-state index in [1.54, 1.807) is 45.9 Å². The van der Waals surface area contributed by atoms with Crippen LogP contribution in [-0.4, -0.2) is 36.7 Å². The molecule has 0 N–H and O–H groups in total. The van der Waals surface area contributed by atoms with Crippen LogP contribution >= 0.6 is 0 Å². The van der Waals surface area contributed by atoms with E-state index in [0.717, 1.165) is 15.4 Å². The molecule has 0 fully saturated rings. The third-order valence-corrected chi connectivity index (χ3v) is 7.65. The molecule has 0 aromatic heterocycles. The number of aryl methyl sites for hydroxylation is 1. The maximum atomic E-state index is 13.6. The third kappa shape index (κ3) is 4.78. The van der Waals surface area contributed by atoms with Gasteiger partial charge in [-0.3, -0.25) is 4.79 Å². The molecule has 2 aromatic carbocycles. The van der Waals surface area contributed by atoms with Gasteiger partial charge in [-0.25, -0.2) is 17.5 Å². The Bertz CT molecular complexity index is 1220. The van der Waals surface area contributed by atoms with Crippen molar-refractivity contribution in [2.24, 2.45) is 0 Å². The zero-order valence-corrected chi connectivity index (χ0v) is 20.4. The van der Waals surface area contributed by atoms with Crippen LogP contribution in [0.3, 0.4) is 0 Å². The van der Waals surface area contributed by atoms with Gasteiger partial charge in [0, 0.05) is 17.6 Å². The predicted molar refractivity (Wildman–Crippen MR) is 127 cm³/mol. The number of carbonyl (C=O) groups excluding carboxylic acids is 2. The highest BCUT2D eigenvalue weighted by Gasteiger charge is 2.47. The van der Waals surface area contributed by atoms with Crippen molar-refractivity contribution in [1.29, 1.82) is 0 Å². The van der Waals surface area contributed by atoms with Crippen LogP contribution in [0, 0.1) is 6.92 Å². The molecule has 1 aliphatic heterocycles. The fourth-order valence-electron chi connectivity index (χ4n) is 3.96. The Kier molecular flexibility index (Phi) is 6.93. The summed E-state index contributed by atoms with van der Waals surface area (Å²) in [5.41, 5.74) is 1.45. The summed E-state index contributed by atoms with van der Waals surface area (Å²) in [5, 5.41) is 0. The van der Waals surface area contributed by atoms with Gasteiger partial charge >= 0.3 is 5.97 Å². The van der Waals surface area contributed by atoms with Gasteiger partial charge in [0.1, 0.15) is 0 Å². The number of carbonyl (C=O) groups is 2. The minimum Gasteiger partial charge on any atom is -0.463 e. The summed E-state index contributed by atoms with van der Waals surface area (Å²) in [5.74, 6) is -1.15. The van der Waals surface area contributed by atoms with Crippen molar-refractivity contribution in [1.82, 2.24) is 4.31 Å². The molecule has 6 nitrogen and oxygen atoms in total. The first-order valence-electron chi connectivity index (χ1n) is 10.8. The van der Waals surface area contributed by atoms with Crippen molar-refractivity contribution in [3.63, 3.8) is 0 Å². The van der Waals surface area contributed by atoms with Crippen LogP contribution in [0.15, 0.2) is 82.3 Å². The van der Waals surface area contributed by atoms with E-state index in [4.69, 9.17) is 4.74 Å². The Labute approximate surface area is 195 Å². The summed E-state index contributed by atoms with van der Waals surface area (Å²) in [6.45, 7) is 8.58. The van der Waals surface area contributed by atoms with Crippen molar-refractivity contribution in [2.45, 2.75) is 51.5 Å². The molecule has 1 aliphatic rings. The van der Waals surface area contributed by atoms with Gasteiger partial charge in [-0.15, -0.1) is 0 Å². The topological polar surface area (TPSA) is 80.8 Å². The van der Waals surface area contributed by atoms with Gasteiger partial charge in [0.05, 0.1) is 17.0 Å². The smallest absolute Gasteiger partial charge is 0.334 e. The lowest BCUT2D eigenvalue weighted by molar-refractivity contribution is -0.139. The first kappa shape index (κ1) is 24.5. The standard InChI is InChI=1S/C26H29NO5S/c1-6-32-25(29)22(17-20-10-8-7-9-11-20)23-16-19(3)24(28)27(26(23,4)5)33(30,31)21-14-12-18(2)13-15-21/h7-16H,6,17H2,1-5H3/b23-22-. The SMILES string of the molecule is CCOC(=O)/C(Cc1ccccc1)=C1/C=C(C)C(=O)N(S(=O)(=O)c2ccc(C)cc2)C1(C)C. The molecule has 1 amide bonds. The second kappa shape index (κ2) is 9.35. The number of esters is 1. The van der Waals surface area contributed by atoms with Crippen LogP contribution in [-0.2, 0) is 30.8 Å². The van der Waals surface area contributed by atoms with E-state index in [2.05, 4.69) is 0 Å². The summed E-state index contributed by atoms with van der Waals surface area (Å²) in [4.78, 5) is 26.2. The highest BCUT2D eigenvalue weighted by atomic mass is 32.2. The lowest BCUT2D eigenvalue weighted by Gasteiger charge is -2.42. The van der Waals surface area contributed by atoms with Crippen LogP contribution in [0.25, 0.3) is 0 Å². The average Bonchev–Trinajstić information content (AvgIpc) is 2.76. The van der Waals surface area contributed by atoms with Gasteiger partial charge < -0.3 is 4.74 Å². The minimum atomic E-state index is -4.19. The maximum Gasteiger partial charge on any atom is 0.334 e. The Morgan fingerprint density at radius 3 is 2.18 bits per heavy atom. The molecule has 1 heterocycles. The first-order valence-corrected chi connectivity index (χ1v) is 12.2. The Morgan fingerprint density at radius 2 is 1.61 bits per heavy atom. The van der Waals surface area contributed by atoms with Gasteiger partial charge in [0.15, 0.2) is 0 Å². The van der Waals surface area contributed by atoms with Gasteiger partial charge in [-0.05, 0) is 64.0 Å². The summed E-state index contributed by atoms with van der Waals surface area (Å²) in [7, 11) is -4.19. The van der Waals surface area contributed by atoms with Gasteiger partial charge in [0.2, 0.25) is 0 Å². The highest BCUT2D eigenvalue weighted by Crippen LogP contribution is 2.39. The molecular formula is C26H29NO5S. The number of amides is 1. The monoisotopic (exact) mass is 467 g/mol. The normalized spacial score (nSPS) is 17.4. The molecule has 0 saturated heterocycles. The molecule has 3 rings (SSSR count). The van der Waals surface area contributed by atoms with Crippen LogP contribution in [0.1, 0.15) is 38.8 Å². The van der Waals surface area contributed by atoms with Crippen LogP contribution in [0.2, 0.25) is 0 Å². The van der Waals surface area contributed by atoms with Crippen molar-refractivity contribution in [2.75, 3.05) is 6.61 Å². The molecule has 0 saturated carbocycles. The van der Waals surface area contributed by atoms with Crippen molar-refractivity contribution < 1.29 is 22.7 Å². The van der Waals surface area contributed by atoms with E-state index >= 15 is 0 Å². The summed E-state index contributed by atoms with van der Waals surface area (Å²) in [6, 6.07) is 15.7. The molecule has 0 atom stereocenters. The fraction of sp³-hybridized carbons (Fsp3) is 0.308. The maximum absolute atomic E-state index is 13.6. The highest BCUT2D eigenvalue weighted by molar-refractivity contribution is 7.89. The summed E-state index contributed by atoms with van der Waals surface area (Å²) < 4.78 is 33.5. The average molecular weight is 468 g/mol. The zero-order chi connectivity index (χ0) is 24.4. The molecule has 0 unspecified atom stereocenters. The summed E-state index contributed by atoms with van der Waals surface area (Å²) in [6.07, 6.45) is 1.85. The predicted octanol–water partition coefficient (Wildman–Crippen LogP) is 4.35. The molecule has 33 heavy (non-hydrogen) atoms. The molecular weight excluding hydrogens is 438 g/mol. The van der Waals surface area contributed by atoms with Gasteiger partial charge in [0.25, 0.3) is 15.9 Å². The van der Waals surface area contributed by atoms with Crippen molar-refractivity contribution in [3.05, 3.63) is 88.5 Å². The Morgan fingerprint density at radius 1 is 1.00 bits per heavy atom. The number of hydrogen-bond donors (Lipinski definition) is 0. The lowest BCUT2D eigenvalue weighted by Crippen LogP contribution is -2.55. The Balaban J connectivity index is 2.23. The molecule has 0 aliphatic carbocycles. The van der Waals surface area contributed by atoms with E-state index < -0.39 is 27.4 Å². The van der Waals surface area contributed by atoms with Gasteiger partial charge in [-0.2, -0.15) is 0 Å². The fourth-order valence-corrected chi connectivity index (χ4v) is 5.71. The van der Waals surface area contributed by atoms with E-state index in [9.17, 15) is 18.0 Å². The third-order valence-electron chi connectivity index (χ3n) is 5.68. The van der Waals surface area contributed by atoms with Crippen molar-refractivity contribution in [3.8, 4) is 0 Å². The van der Waals surface area contributed by atoms with Crippen LogP contribution in [0.5, 0.6) is 0 Å². The lowest BCUT2D eigenvalue weighted by atomic mass is 9.83. The summed E-state index contributed by atoms with van der Waals surface area (Å²) >= 11 is 0. The number of hydrogen-bond acceptors (Lipinski definition) is 5.